The van der Waals surface area contributed by atoms with Gasteiger partial charge < -0.3 is 19.8 Å². The Labute approximate surface area is 118 Å². The van der Waals surface area contributed by atoms with Gasteiger partial charge in [-0.05, 0) is 0 Å². The van der Waals surface area contributed by atoms with Gasteiger partial charge in [-0.2, -0.15) is 0 Å². The number of anilines is 2. The minimum absolute atomic E-state index is 0.192. The van der Waals surface area contributed by atoms with Crippen LogP contribution in [0.5, 0.6) is 0 Å². The van der Waals surface area contributed by atoms with E-state index in [4.69, 9.17) is 9.15 Å². The van der Waals surface area contributed by atoms with E-state index in [1.165, 1.54) is 0 Å². The Kier molecular flexibility index (Phi) is 5.12. The third kappa shape index (κ3) is 4.17. The van der Waals surface area contributed by atoms with Gasteiger partial charge in [-0.25, -0.2) is 13.2 Å². The van der Waals surface area contributed by atoms with Gasteiger partial charge in [-0.3, -0.25) is 0 Å². The lowest BCUT2D eigenvalue weighted by Crippen LogP contribution is -2.18. The number of aromatic nitrogens is 2. The summed E-state index contributed by atoms with van der Waals surface area (Å²) in [6, 6.07) is 0.909. The van der Waals surface area contributed by atoms with Crippen molar-refractivity contribution in [2.75, 3.05) is 25.6 Å². The van der Waals surface area contributed by atoms with E-state index in [-0.39, 0.29) is 18.5 Å². The summed E-state index contributed by atoms with van der Waals surface area (Å²) < 4.78 is 49.6. The molecule has 114 valence electrons. The van der Waals surface area contributed by atoms with Crippen LogP contribution in [0.3, 0.4) is 0 Å². The van der Waals surface area contributed by atoms with Crippen molar-refractivity contribution in [2.45, 2.75) is 6.54 Å². The molecule has 0 saturated carbocycles. The van der Waals surface area contributed by atoms with Crippen LogP contribution in [0.2, 0.25) is 0 Å². The van der Waals surface area contributed by atoms with E-state index >= 15 is 0 Å². The lowest BCUT2D eigenvalue weighted by atomic mass is 10.3. The van der Waals surface area contributed by atoms with Crippen molar-refractivity contribution < 1.29 is 22.3 Å². The topological polar surface area (TPSA) is 72.2 Å². The largest absolute Gasteiger partial charge is 0.406 e. The van der Waals surface area contributed by atoms with Crippen molar-refractivity contribution in [3.63, 3.8) is 0 Å². The standard InChI is InChI=1S/C12H13F3N4O2/c1-20-3-2-16-6-10-18-19-12(21-10)17-11-8(14)4-7(13)5-9(11)15/h4-5,16H,2-3,6H2,1H3,(H,17,19). The maximum absolute atomic E-state index is 13.4. The lowest BCUT2D eigenvalue weighted by molar-refractivity contribution is 0.198. The Bertz CT molecular complexity index is 583. The highest BCUT2D eigenvalue weighted by molar-refractivity contribution is 5.53. The highest BCUT2D eigenvalue weighted by Gasteiger charge is 2.14. The second kappa shape index (κ2) is 7.04. The van der Waals surface area contributed by atoms with E-state index in [0.29, 0.717) is 25.3 Å². The van der Waals surface area contributed by atoms with Gasteiger partial charge in [-0.15, -0.1) is 5.10 Å². The van der Waals surface area contributed by atoms with Crippen LogP contribution in [0.1, 0.15) is 5.89 Å². The van der Waals surface area contributed by atoms with Crippen LogP contribution in [-0.2, 0) is 11.3 Å². The van der Waals surface area contributed by atoms with Crippen LogP contribution in [-0.4, -0.2) is 30.5 Å². The summed E-state index contributed by atoms with van der Waals surface area (Å²) in [4.78, 5) is 0. The molecule has 0 saturated heterocycles. The number of nitrogens with one attached hydrogen (secondary N) is 2. The maximum Gasteiger partial charge on any atom is 0.320 e. The predicted molar refractivity (Wildman–Crippen MR) is 67.5 cm³/mol. The number of benzene rings is 1. The fourth-order valence-corrected chi connectivity index (χ4v) is 1.51. The first-order valence-electron chi connectivity index (χ1n) is 6.03. The van der Waals surface area contributed by atoms with Crippen LogP contribution in [0.25, 0.3) is 0 Å². The van der Waals surface area contributed by atoms with Crippen molar-refractivity contribution >= 4 is 11.7 Å². The van der Waals surface area contributed by atoms with Crippen LogP contribution < -0.4 is 10.6 Å². The van der Waals surface area contributed by atoms with Crippen molar-refractivity contribution in [1.82, 2.24) is 15.5 Å². The zero-order chi connectivity index (χ0) is 15.2. The average Bonchev–Trinajstić information content (AvgIpc) is 2.87. The van der Waals surface area contributed by atoms with Crippen LogP contribution in [0.4, 0.5) is 24.9 Å². The van der Waals surface area contributed by atoms with E-state index in [9.17, 15) is 13.2 Å². The monoisotopic (exact) mass is 302 g/mol. The van der Waals surface area contributed by atoms with Crippen molar-refractivity contribution in [1.29, 1.82) is 0 Å². The van der Waals surface area contributed by atoms with Crippen LogP contribution >= 0.6 is 0 Å². The number of rotatable bonds is 7. The molecule has 0 unspecified atom stereocenters. The number of nitrogens with zero attached hydrogens (tertiary/aromatic N) is 2. The minimum Gasteiger partial charge on any atom is -0.406 e. The second-order valence-electron chi connectivity index (χ2n) is 4.04. The lowest BCUT2D eigenvalue weighted by Gasteiger charge is -2.04. The summed E-state index contributed by atoms with van der Waals surface area (Å²) in [7, 11) is 1.57. The molecule has 2 N–H and O–H groups in total. The number of methoxy groups -OCH3 is 1. The molecule has 1 aromatic heterocycles. The molecule has 1 aromatic carbocycles. The summed E-state index contributed by atoms with van der Waals surface area (Å²) in [5, 5.41) is 12.5. The molecule has 0 atom stereocenters. The normalized spacial score (nSPS) is 10.9. The second-order valence-corrected chi connectivity index (χ2v) is 4.04. The maximum atomic E-state index is 13.4. The number of hydrogen-bond donors (Lipinski definition) is 2. The molecule has 2 aromatic rings. The van der Waals surface area contributed by atoms with Gasteiger partial charge in [0.15, 0.2) is 11.6 Å². The van der Waals surface area contributed by atoms with Crippen LogP contribution in [0.15, 0.2) is 16.5 Å². The smallest absolute Gasteiger partial charge is 0.320 e. The molecule has 0 aliphatic rings. The molecule has 0 amide bonds. The van der Waals surface area contributed by atoms with Gasteiger partial charge in [0.05, 0.1) is 13.2 Å². The molecule has 21 heavy (non-hydrogen) atoms. The van der Waals surface area contributed by atoms with E-state index in [1.807, 2.05) is 0 Å². The molecular weight excluding hydrogens is 289 g/mol. The molecule has 9 heteroatoms. The van der Waals surface area contributed by atoms with Crippen molar-refractivity contribution in [3.8, 4) is 0 Å². The Balaban J connectivity index is 1.99. The zero-order valence-electron chi connectivity index (χ0n) is 11.1. The molecule has 2 rings (SSSR count). The Morgan fingerprint density at radius 1 is 1.19 bits per heavy atom. The zero-order valence-corrected chi connectivity index (χ0v) is 11.1. The fourth-order valence-electron chi connectivity index (χ4n) is 1.51. The number of halogens is 3. The third-order valence-corrected chi connectivity index (χ3v) is 2.46. The van der Waals surface area contributed by atoms with Gasteiger partial charge in [0.2, 0.25) is 5.89 Å². The SMILES string of the molecule is COCCNCc1nnc(Nc2c(F)cc(F)cc2F)o1. The predicted octanol–water partition coefficient (Wildman–Crippen LogP) is 1.97. The molecule has 6 nitrogen and oxygen atoms in total. The Morgan fingerprint density at radius 2 is 1.90 bits per heavy atom. The Hall–Kier alpha value is -2.13. The number of hydrogen-bond acceptors (Lipinski definition) is 6. The quantitative estimate of drug-likeness (QED) is 0.762. The fraction of sp³-hybridized carbons (Fsp3) is 0.333. The summed E-state index contributed by atoms with van der Waals surface area (Å²) >= 11 is 0. The molecule has 0 aliphatic heterocycles. The van der Waals surface area contributed by atoms with Gasteiger partial charge in [0, 0.05) is 25.8 Å². The summed E-state index contributed by atoms with van der Waals surface area (Å²) in [5.41, 5.74) is -0.557. The highest BCUT2D eigenvalue weighted by atomic mass is 19.1. The van der Waals surface area contributed by atoms with Gasteiger partial charge >= 0.3 is 6.01 Å². The first-order valence-corrected chi connectivity index (χ1v) is 6.03. The van der Waals surface area contributed by atoms with E-state index in [1.54, 1.807) is 7.11 Å². The summed E-state index contributed by atoms with van der Waals surface area (Å²) in [6.07, 6.45) is 0. The van der Waals surface area contributed by atoms with Gasteiger partial charge in [0.25, 0.3) is 0 Å². The van der Waals surface area contributed by atoms with Crippen LogP contribution in [0, 0.1) is 17.5 Å². The number of ether oxygens (including phenoxy) is 1. The van der Waals surface area contributed by atoms with Crippen molar-refractivity contribution in [3.05, 3.63) is 35.5 Å². The van der Waals surface area contributed by atoms with E-state index in [2.05, 4.69) is 20.8 Å². The Morgan fingerprint density at radius 3 is 2.57 bits per heavy atom. The summed E-state index contributed by atoms with van der Waals surface area (Å²) in [6.45, 7) is 1.39. The average molecular weight is 302 g/mol. The van der Waals surface area contributed by atoms with Gasteiger partial charge in [-0.1, -0.05) is 5.10 Å². The van der Waals surface area contributed by atoms with Crippen molar-refractivity contribution in [2.24, 2.45) is 0 Å². The molecule has 1 heterocycles. The molecule has 0 spiro atoms. The highest BCUT2D eigenvalue weighted by Crippen LogP contribution is 2.23. The third-order valence-electron chi connectivity index (χ3n) is 2.46. The molecule has 0 fully saturated rings. The molecule has 0 radical (unpaired) electrons. The summed E-state index contributed by atoms with van der Waals surface area (Å²) in [5.74, 6) is -2.96. The van der Waals surface area contributed by atoms with E-state index < -0.39 is 23.1 Å². The molecular formula is C12H13F3N4O2. The first kappa shape index (κ1) is 15.3. The molecule has 0 bridgehead atoms. The molecule has 0 aliphatic carbocycles. The van der Waals surface area contributed by atoms with Gasteiger partial charge in [0.1, 0.15) is 11.5 Å². The first-order chi connectivity index (χ1) is 10.1. The minimum atomic E-state index is -1.09. The van der Waals surface area contributed by atoms with E-state index in [0.717, 1.165) is 0 Å².